The molecule has 86 valence electrons. The summed E-state index contributed by atoms with van der Waals surface area (Å²) in [6, 6.07) is 8.90. The Labute approximate surface area is 98.7 Å². The Morgan fingerprint density at radius 2 is 2.18 bits per heavy atom. The molecule has 0 fully saturated rings. The highest BCUT2D eigenvalue weighted by atomic mass is 16.1. The Hall–Kier alpha value is -2.43. The molecular weight excluding hydrogens is 216 g/mol. The minimum absolute atomic E-state index is 0.132. The molecule has 1 heterocycles. The van der Waals surface area contributed by atoms with Crippen molar-refractivity contribution in [1.29, 1.82) is 0 Å². The molecular formula is C12H12N4O. The maximum atomic E-state index is 11.9. The van der Waals surface area contributed by atoms with E-state index in [2.05, 4.69) is 15.3 Å². The van der Waals surface area contributed by atoms with Crippen LogP contribution in [0.15, 0.2) is 36.5 Å². The Morgan fingerprint density at radius 3 is 2.88 bits per heavy atom. The number of nitrogens with two attached hydrogens (primary N) is 1. The van der Waals surface area contributed by atoms with E-state index >= 15 is 0 Å². The van der Waals surface area contributed by atoms with E-state index in [4.69, 9.17) is 5.73 Å². The first-order valence-electron chi connectivity index (χ1n) is 5.12. The molecule has 2 aromatic rings. The van der Waals surface area contributed by atoms with E-state index in [1.165, 1.54) is 6.20 Å². The fourth-order valence-corrected chi connectivity index (χ4v) is 1.42. The fraction of sp³-hybridized carbons (Fsp3) is 0.0833. The van der Waals surface area contributed by atoms with Crippen molar-refractivity contribution < 1.29 is 4.79 Å². The lowest BCUT2D eigenvalue weighted by Crippen LogP contribution is -2.13. The van der Waals surface area contributed by atoms with E-state index in [0.29, 0.717) is 11.4 Å². The molecule has 0 aliphatic carbocycles. The van der Waals surface area contributed by atoms with Gasteiger partial charge in [-0.1, -0.05) is 17.7 Å². The number of rotatable bonds is 2. The monoisotopic (exact) mass is 228 g/mol. The number of carbonyl (C=O) groups excluding carboxylic acids is 1. The average molecular weight is 228 g/mol. The van der Waals surface area contributed by atoms with Crippen LogP contribution in [-0.2, 0) is 0 Å². The minimum atomic E-state index is -0.216. The number of nitrogens with one attached hydrogen (secondary N) is 1. The zero-order chi connectivity index (χ0) is 12.3. The molecule has 1 aromatic carbocycles. The van der Waals surface area contributed by atoms with E-state index in [0.717, 1.165) is 5.56 Å². The van der Waals surface area contributed by atoms with Crippen molar-refractivity contribution in [2.45, 2.75) is 6.92 Å². The molecule has 3 N–H and O–H groups in total. The molecule has 5 nitrogen and oxygen atoms in total. The molecule has 5 heteroatoms. The topological polar surface area (TPSA) is 80.9 Å². The summed E-state index contributed by atoms with van der Waals surface area (Å²) in [7, 11) is 0. The molecule has 0 atom stereocenters. The fourth-order valence-electron chi connectivity index (χ4n) is 1.42. The summed E-state index contributed by atoms with van der Waals surface area (Å²) < 4.78 is 0. The zero-order valence-electron chi connectivity index (χ0n) is 9.34. The van der Waals surface area contributed by atoms with E-state index in [-0.39, 0.29) is 11.9 Å². The van der Waals surface area contributed by atoms with Crippen LogP contribution >= 0.6 is 0 Å². The molecule has 0 bridgehead atoms. The van der Waals surface area contributed by atoms with Crippen LogP contribution < -0.4 is 11.1 Å². The molecule has 0 saturated heterocycles. The van der Waals surface area contributed by atoms with Gasteiger partial charge in [-0.05, 0) is 25.1 Å². The number of nitrogens with zero attached hydrogens (tertiary/aromatic N) is 2. The summed E-state index contributed by atoms with van der Waals surface area (Å²) in [5.74, 6) is 0.308. The van der Waals surface area contributed by atoms with E-state index < -0.39 is 0 Å². The smallest absolute Gasteiger partial charge is 0.256 e. The predicted octanol–water partition coefficient (Wildman–Crippen LogP) is 1.62. The first-order valence-corrected chi connectivity index (χ1v) is 5.12. The number of anilines is 2. The van der Waals surface area contributed by atoms with Gasteiger partial charge in [0.1, 0.15) is 5.82 Å². The van der Waals surface area contributed by atoms with E-state index in [9.17, 15) is 4.79 Å². The number of benzene rings is 1. The zero-order valence-corrected chi connectivity index (χ0v) is 9.34. The minimum Gasteiger partial charge on any atom is -0.368 e. The van der Waals surface area contributed by atoms with Crippen molar-refractivity contribution in [1.82, 2.24) is 9.97 Å². The van der Waals surface area contributed by atoms with Crippen LogP contribution in [0.4, 0.5) is 11.8 Å². The second-order valence-corrected chi connectivity index (χ2v) is 3.62. The molecule has 0 aliphatic rings. The predicted molar refractivity (Wildman–Crippen MR) is 65.6 cm³/mol. The number of nitrogen functional groups attached to an aromatic ring is 1. The van der Waals surface area contributed by atoms with Gasteiger partial charge in [0.15, 0.2) is 0 Å². The van der Waals surface area contributed by atoms with Crippen LogP contribution in [0.25, 0.3) is 0 Å². The largest absolute Gasteiger partial charge is 0.368 e. The molecule has 0 aliphatic heterocycles. The second kappa shape index (κ2) is 4.61. The van der Waals surface area contributed by atoms with Crippen LogP contribution in [0.1, 0.15) is 15.9 Å². The van der Waals surface area contributed by atoms with E-state index in [1.807, 2.05) is 19.1 Å². The molecule has 0 radical (unpaired) electrons. The van der Waals surface area contributed by atoms with Crippen molar-refractivity contribution in [3.05, 3.63) is 47.7 Å². The van der Waals surface area contributed by atoms with Crippen molar-refractivity contribution in [3.8, 4) is 0 Å². The van der Waals surface area contributed by atoms with Crippen LogP contribution in [0.3, 0.4) is 0 Å². The van der Waals surface area contributed by atoms with Crippen LogP contribution in [-0.4, -0.2) is 15.9 Å². The number of hydrogen-bond acceptors (Lipinski definition) is 4. The van der Waals surface area contributed by atoms with Gasteiger partial charge < -0.3 is 11.1 Å². The first kappa shape index (κ1) is 11.1. The summed E-state index contributed by atoms with van der Waals surface area (Å²) in [4.78, 5) is 19.5. The van der Waals surface area contributed by atoms with Gasteiger partial charge in [-0.25, -0.2) is 4.98 Å². The lowest BCUT2D eigenvalue weighted by Gasteiger charge is -2.05. The number of amides is 1. The number of carbonyl (C=O) groups is 1. The summed E-state index contributed by atoms with van der Waals surface area (Å²) in [6.45, 7) is 1.93. The summed E-state index contributed by atoms with van der Waals surface area (Å²) >= 11 is 0. The lowest BCUT2D eigenvalue weighted by atomic mass is 10.1. The molecule has 0 saturated carbocycles. The lowest BCUT2D eigenvalue weighted by molar-refractivity contribution is 0.102. The second-order valence-electron chi connectivity index (χ2n) is 3.62. The van der Waals surface area contributed by atoms with Gasteiger partial charge in [-0.2, -0.15) is 4.98 Å². The highest BCUT2D eigenvalue weighted by Gasteiger charge is 2.06. The first-order chi connectivity index (χ1) is 8.15. The number of hydrogen-bond donors (Lipinski definition) is 2. The SMILES string of the molecule is Cc1cccc(C(=O)Nc2ccnc(N)n2)c1. The standard InChI is InChI=1S/C12H12N4O/c1-8-3-2-4-9(7-8)11(17)15-10-5-6-14-12(13)16-10/h2-7H,1H3,(H3,13,14,15,16,17). The summed E-state index contributed by atoms with van der Waals surface area (Å²) in [5, 5.41) is 2.66. The van der Waals surface area contributed by atoms with Gasteiger partial charge in [0.05, 0.1) is 0 Å². The Bertz CT molecular complexity index is 554. The number of aryl methyl sites for hydroxylation is 1. The molecule has 17 heavy (non-hydrogen) atoms. The summed E-state index contributed by atoms with van der Waals surface area (Å²) in [5.41, 5.74) is 7.04. The van der Waals surface area contributed by atoms with Crippen LogP contribution in [0.5, 0.6) is 0 Å². The molecule has 0 unspecified atom stereocenters. The molecule has 2 rings (SSSR count). The van der Waals surface area contributed by atoms with Gasteiger partial charge in [0, 0.05) is 11.8 Å². The summed E-state index contributed by atoms with van der Waals surface area (Å²) in [6.07, 6.45) is 1.49. The maximum absolute atomic E-state index is 11.9. The van der Waals surface area contributed by atoms with Gasteiger partial charge in [0.2, 0.25) is 5.95 Å². The van der Waals surface area contributed by atoms with Crippen molar-refractivity contribution in [3.63, 3.8) is 0 Å². The Kier molecular flexibility index (Phi) is 3.00. The van der Waals surface area contributed by atoms with Gasteiger partial charge >= 0.3 is 0 Å². The Balaban J connectivity index is 2.17. The van der Waals surface area contributed by atoms with E-state index in [1.54, 1.807) is 18.2 Å². The van der Waals surface area contributed by atoms with Crippen molar-refractivity contribution in [2.24, 2.45) is 0 Å². The highest BCUT2D eigenvalue weighted by molar-refractivity contribution is 6.03. The Morgan fingerprint density at radius 1 is 1.35 bits per heavy atom. The number of aromatic nitrogens is 2. The average Bonchev–Trinajstić information content (AvgIpc) is 2.29. The molecule has 0 spiro atoms. The maximum Gasteiger partial charge on any atom is 0.256 e. The third-order valence-corrected chi connectivity index (χ3v) is 2.20. The van der Waals surface area contributed by atoms with Crippen molar-refractivity contribution in [2.75, 3.05) is 11.1 Å². The molecule has 1 amide bonds. The van der Waals surface area contributed by atoms with Crippen LogP contribution in [0.2, 0.25) is 0 Å². The van der Waals surface area contributed by atoms with Crippen LogP contribution in [0, 0.1) is 6.92 Å². The van der Waals surface area contributed by atoms with Gasteiger partial charge in [0.25, 0.3) is 5.91 Å². The van der Waals surface area contributed by atoms with Gasteiger partial charge in [-0.3, -0.25) is 4.79 Å². The quantitative estimate of drug-likeness (QED) is 0.818. The third-order valence-electron chi connectivity index (χ3n) is 2.20. The van der Waals surface area contributed by atoms with Gasteiger partial charge in [-0.15, -0.1) is 0 Å². The normalized spacial score (nSPS) is 9.94. The highest BCUT2D eigenvalue weighted by Crippen LogP contribution is 2.08. The third kappa shape index (κ3) is 2.78. The van der Waals surface area contributed by atoms with Crippen molar-refractivity contribution >= 4 is 17.7 Å². The molecule has 1 aromatic heterocycles.